The van der Waals surface area contributed by atoms with E-state index in [-0.39, 0.29) is 55.5 Å². The number of rotatable bonds is 7. The zero-order valence-electron chi connectivity index (χ0n) is 20.9. The third-order valence-electron chi connectivity index (χ3n) is 5.43. The van der Waals surface area contributed by atoms with Gasteiger partial charge in [0, 0.05) is 31.6 Å². The second-order valence-electron chi connectivity index (χ2n) is 9.46. The van der Waals surface area contributed by atoms with Gasteiger partial charge in [-0.05, 0) is 45.7 Å². The van der Waals surface area contributed by atoms with E-state index in [1.165, 1.54) is 4.90 Å². The van der Waals surface area contributed by atoms with Crippen LogP contribution in [-0.2, 0) is 33.8 Å². The fraction of sp³-hybridized carbons (Fsp3) is 0.500. The monoisotopic (exact) mass is 544 g/mol. The topological polar surface area (TPSA) is 103 Å². The number of nitrogens with zero attached hydrogens (tertiary/aromatic N) is 3. The number of imidazole rings is 1. The number of fused-ring (bicyclic) bond motifs is 1. The molecule has 1 unspecified atom stereocenters. The van der Waals surface area contributed by atoms with Gasteiger partial charge in [-0.15, -0.1) is 0 Å². The number of hydrogen-bond acceptors (Lipinski definition) is 6. The van der Waals surface area contributed by atoms with Crippen LogP contribution in [0, 0.1) is 17.5 Å². The Kier molecular flexibility index (Phi) is 8.72. The number of benzene rings is 1. The van der Waals surface area contributed by atoms with Gasteiger partial charge in [0.15, 0.2) is 17.3 Å². The van der Waals surface area contributed by atoms with Crippen LogP contribution in [0.1, 0.15) is 56.0 Å². The number of esters is 1. The van der Waals surface area contributed by atoms with Crippen molar-refractivity contribution in [1.29, 1.82) is 0 Å². The highest BCUT2D eigenvalue weighted by Gasteiger charge is 2.30. The summed E-state index contributed by atoms with van der Waals surface area (Å²) in [5.41, 5.74) is -1.11. The number of halogens is 4. The van der Waals surface area contributed by atoms with Gasteiger partial charge in [0.05, 0.1) is 13.2 Å². The summed E-state index contributed by atoms with van der Waals surface area (Å²) in [6.07, 6.45) is -1.44. The lowest BCUT2D eigenvalue weighted by Gasteiger charge is -2.30. The second-order valence-corrected chi connectivity index (χ2v) is 9.82. The lowest BCUT2D eigenvalue weighted by Crippen LogP contribution is -2.45. The molecule has 0 aliphatic carbocycles. The van der Waals surface area contributed by atoms with Gasteiger partial charge in [0.2, 0.25) is 5.91 Å². The number of ether oxygens (including phenoxy) is 2. The predicted octanol–water partition coefficient (Wildman–Crippen LogP) is 4.00. The van der Waals surface area contributed by atoms with Crippen LogP contribution < -0.4 is 5.32 Å². The highest BCUT2D eigenvalue weighted by molar-refractivity contribution is 6.32. The maximum Gasteiger partial charge on any atom is 0.407 e. The Morgan fingerprint density at radius 1 is 1.14 bits per heavy atom. The van der Waals surface area contributed by atoms with Crippen LogP contribution in [0.4, 0.5) is 18.0 Å². The quantitative estimate of drug-likeness (QED) is 0.417. The second kappa shape index (κ2) is 11.4. The van der Waals surface area contributed by atoms with E-state index < -0.39 is 47.1 Å². The van der Waals surface area contributed by atoms with Crippen LogP contribution in [-0.4, -0.2) is 57.2 Å². The molecule has 9 nitrogen and oxygen atoms in total. The average Bonchev–Trinajstić information content (AvgIpc) is 3.12. The molecule has 2 aromatic rings. The summed E-state index contributed by atoms with van der Waals surface area (Å²) in [6, 6.07) is 0.101. The standard InChI is InChI=1S/C24H28ClF3N4O5/c1-5-36-22(34)20-21(25)32-7-6-31(12-18(32)30-20)19(33)10-14(29-23(35)37-24(2,3)4)8-13-9-16(27)17(28)11-15(13)26/h9,11,14H,5-8,10,12H2,1-4H3,(H,29,35). The summed E-state index contributed by atoms with van der Waals surface area (Å²) < 4.78 is 53.2. The molecule has 1 aromatic heterocycles. The SMILES string of the molecule is CCOC(=O)c1nc2n(c1Cl)CCN(C(=O)CC(Cc1cc(F)c(F)cc1F)NC(=O)OC(C)(C)C)C2. The molecule has 1 aromatic carbocycles. The molecule has 2 heterocycles. The molecule has 0 fully saturated rings. The Morgan fingerprint density at radius 3 is 2.46 bits per heavy atom. The van der Waals surface area contributed by atoms with E-state index in [1.807, 2.05) is 0 Å². The van der Waals surface area contributed by atoms with Crippen LogP contribution in [0.3, 0.4) is 0 Å². The first kappa shape index (κ1) is 28.3. The van der Waals surface area contributed by atoms with E-state index in [0.717, 1.165) is 0 Å². The Bertz CT molecular complexity index is 1200. The van der Waals surface area contributed by atoms with E-state index in [1.54, 1.807) is 32.3 Å². The molecule has 0 radical (unpaired) electrons. The maximum absolute atomic E-state index is 14.3. The minimum absolute atomic E-state index is 0.0245. The van der Waals surface area contributed by atoms with Crippen LogP contribution in [0.5, 0.6) is 0 Å². The van der Waals surface area contributed by atoms with E-state index in [4.69, 9.17) is 21.1 Å². The van der Waals surface area contributed by atoms with Gasteiger partial charge in [-0.3, -0.25) is 4.79 Å². The van der Waals surface area contributed by atoms with E-state index >= 15 is 0 Å². The minimum Gasteiger partial charge on any atom is -0.461 e. The number of carbonyl (C=O) groups excluding carboxylic acids is 3. The van der Waals surface area contributed by atoms with Gasteiger partial charge >= 0.3 is 12.1 Å². The summed E-state index contributed by atoms with van der Waals surface area (Å²) in [7, 11) is 0. The predicted molar refractivity (Wildman–Crippen MR) is 126 cm³/mol. The summed E-state index contributed by atoms with van der Waals surface area (Å²) >= 11 is 6.27. The van der Waals surface area contributed by atoms with Crippen LogP contribution in [0.2, 0.25) is 5.15 Å². The molecule has 0 saturated heterocycles. The molecular weight excluding hydrogens is 517 g/mol. The molecule has 37 heavy (non-hydrogen) atoms. The molecule has 1 aliphatic rings. The molecule has 3 rings (SSSR count). The van der Waals surface area contributed by atoms with E-state index in [0.29, 0.717) is 18.0 Å². The molecule has 0 spiro atoms. The summed E-state index contributed by atoms with van der Waals surface area (Å²) in [5.74, 6) is -4.34. The summed E-state index contributed by atoms with van der Waals surface area (Å²) in [5, 5.41) is 2.63. The van der Waals surface area contributed by atoms with Crippen molar-refractivity contribution in [3.63, 3.8) is 0 Å². The first-order chi connectivity index (χ1) is 17.3. The molecule has 1 N–H and O–H groups in total. The first-order valence-electron chi connectivity index (χ1n) is 11.6. The highest BCUT2D eigenvalue weighted by atomic mass is 35.5. The van der Waals surface area contributed by atoms with Crippen molar-refractivity contribution in [2.24, 2.45) is 0 Å². The Hall–Kier alpha value is -3.28. The number of amides is 2. The lowest BCUT2D eigenvalue weighted by atomic mass is 10.0. The van der Waals surface area contributed by atoms with Gasteiger partial charge in [0.25, 0.3) is 0 Å². The summed E-state index contributed by atoms with van der Waals surface area (Å²) in [6.45, 7) is 7.24. The van der Waals surface area contributed by atoms with Crippen LogP contribution in [0.25, 0.3) is 0 Å². The van der Waals surface area contributed by atoms with Crippen molar-refractivity contribution in [3.8, 4) is 0 Å². The third kappa shape index (κ3) is 7.15. The Morgan fingerprint density at radius 2 is 1.81 bits per heavy atom. The van der Waals surface area contributed by atoms with Crippen molar-refractivity contribution in [2.45, 2.75) is 65.3 Å². The molecule has 0 saturated carbocycles. The third-order valence-corrected chi connectivity index (χ3v) is 5.81. The lowest BCUT2D eigenvalue weighted by molar-refractivity contribution is -0.133. The number of hydrogen-bond donors (Lipinski definition) is 1. The number of alkyl carbamates (subject to hydrolysis) is 1. The van der Waals surface area contributed by atoms with Gasteiger partial charge in [-0.2, -0.15) is 0 Å². The van der Waals surface area contributed by atoms with E-state index in [9.17, 15) is 27.6 Å². The fourth-order valence-electron chi connectivity index (χ4n) is 3.81. The molecular formula is C24H28ClF3N4O5. The molecule has 0 bridgehead atoms. The van der Waals surface area contributed by atoms with Gasteiger partial charge in [0.1, 0.15) is 22.4 Å². The largest absolute Gasteiger partial charge is 0.461 e. The zero-order chi connectivity index (χ0) is 27.5. The van der Waals surface area contributed by atoms with Gasteiger partial charge in [-0.25, -0.2) is 27.7 Å². The van der Waals surface area contributed by atoms with Crippen molar-refractivity contribution < 1.29 is 37.0 Å². The normalized spacial score (nSPS) is 14.1. The number of carbonyl (C=O) groups is 3. The zero-order valence-corrected chi connectivity index (χ0v) is 21.6. The molecule has 202 valence electrons. The van der Waals surface area contributed by atoms with Crippen molar-refractivity contribution in [1.82, 2.24) is 19.8 Å². The molecule has 1 aliphatic heterocycles. The molecule has 1 atom stereocenters. The summed E-state index contributed by atoms with van der Waals surface area (Å²) in [4.78, 5) is 43.3. The Labute approximate surface area is 216 Å². The van der Waals surface area contributed by atoms with E-state index in [2.05, 4.69) is 10.3 Å². The van der Waals surface area contributed by atoms with Gasteiger partial charge < -0.3 is 24.3 Å². The van der Waals surface area contributed by atoms with Crippen molar-refractivity contribution in [3.05, 3.63) is 51.8 Å². The van der Waals surface area contributed by atoms with Gasteiger partial charge in [-0.1, -0.05) is 11.6 Å². The Balaban J connectivity index is 1.77. The maximum atomic E-state index is 14.3. The minimum atomic E-state index is -1.35. The number of aromatic nitrogens is 2. The molecule has 13 heteroatoms. The van der Waals surface area contributed by atoms with Crippen molar-refractivity contribution in [2.75, 3.05) is 13.2 Å². The smallest absolute Gasteiger partial charge is 0.407 e. The van der Waals surface area contributed by atoms with Crippen LogP contribution >= 0.6 is 11.6 Å². The van der Waals surface area contributed by atoms with Crippen LogP contribution in [0.15, 0.2) is 12.1 Å². The molecule has 2 amide bonds. The first-order valence-corrected chi connectivity index (χ1v) is 12.0. The number of nitrogens with one attached hydrogen (secondary N) is 1. The van der Waals surface area contributed by atoms with Crippen molar-refractivity contribution >= 4 is 29.6 Å². The average molecular weight is 545 g/mol. The fourth-order valence-corrected chi connectivity index (χ4v) is 4.11. The highest BCUT2D eigenvalue weighted by Crippen LogP contribution is 2.24.